The zero-order valence-corrected chi connectivity index (χ0v) is 16.5. The number of phenols is 1. The SMILES string of the molecule is CC(C)N1NC=C2C1=CN(c1cncc(F)c1)CN2NCCc1ccc(O)cc1. The molecule has 152 valence electrons. The molecule has 3 heterocycles. The molecular formula is C21H25FN6O. The highest BCUT2D eigenvalue weighted by molar-refractivity contribution is 5.52. The smallest absolute Gasteiger partial charge is 0.143 e. The van der Waals surface area contributed by atoms with Crippen LogP contribution in [0, 0.1) is 5.82 Å². The number of anilines is 1. The Hall–Kier alpha value is -3.26. The number of halogens is 1. The van der Waals surface area contributed by atoms with Gasteiger partial charge in [-0.15, -0.1) is 0 Å². The molecule has 0 fully saturated rings. The van der Waals surface area contributed by atoms with Gasteiger partial charge in [-0.3, -0.25) is 15.0 Å². The van der Waals surface area contributed by atoms with E-state index in [1.54, 1.807) is 18.3 Å². The molecule has 1 aromatic heterocycles. The molecule has 0 amide bonds. The Balaban J connectivity index is 1.52. The van der Waals surface area contributed by atoms with Crippen molar-refractivity contribution in [1.29, 1.82) is 0 Å². The Bertz CT molecular complexity index is 927. The Morgan fingerprint density at radius 2 is 2.00 bits per heavy atom. The molecule has 7 nitrogen and oxygen atoms in total. The summed E-state index contributed by atoms with van der Waals surface area (Å²) in [5.74, 6) is -0.0952. The predicted octanol–water partition coefficient (Wildman–Crippen LogP) is 2.66. The molecule has 0 saturated carbocycles. The predicted molar refractivity (Wildman–Crippen MR) is 109 cm³/mol. The fraction of sp³-hybridized carbons (Fsp3) is 0.286. The van der Waals surface area contributed by atoms with Crippen LogP contribution in [-0.2, 0) is 6.42 Å². The first-order chi connectivity index (χ1) is 14.0. The van der Waals surface area contributed by atoms with E-state index in [9.17, 15) is 9.50 Å². The molecule has 2 aromatic rings. The molecule has 8 heteroatoms. The number of hydrazine groups is 2. The first-order valence-corrected chi connectivity index (χ1v) is 9.65. The molecular weight excluding hydrogens is 371 g/mol. The fourth-order valence-corrected chi connectivity index (χ4v) is 3.43. The largest absolute Gasteiger partial charge is 0.508 e. The van der Waals surface area contributed by atoms with Gasteiger partial charge < -0.3 is 15.4 Å². The third-order valence-corrected chi connectivity index (χ3v) is 4.92. The Morgan fingerprint density at radius 1 is 1.21 bits per heavy atom. The van der Waals surface area contributed by atoms with Crippen LogP contribution in [0.3, 0.4) is 0 Å². The molecule has 0 unspecified atom stereocenters. The van der Waals surface area contributed by atoms with Gasteiger partial charge in [-0.05, 0) is 38.0 Å². The number of hydrogen-bond donors (Lipinski definition) is 3. The first kappa shape index (κ1) is 19.1. The lowest BCUT2D eigenvalue weighted by molar-refractivity contribution is 0.212. The van der Waals surface area contributed by atoms with Crippen LogP contribution in [0.2, 0.25) is 0 Å². The molecule has 0 bridgehead atoms. The number of nitrogens with one attached hydrogen (secondary N) is 2. The average Bonchev–Trinajstić information content (AvgIpc) is 3.14. The van der Waals surface area contributed by atoms with Gasteiger partial charge in [-0.25, -0.2) is 9.82 Å². The van der Waals surface area contributed by atoms with Crippen molar-refractivity contribution in [2.24, 2.45) is 0 Å². The van der Waals surface area contributed by atoms with Gasteiger partial charge in [0.2, 0.25) is 0 Å². The lowest BCUT2D eigenvalue weighted by Crippen LogP contribution is -2.49. The molecule has 0 aliphatic carbocycles. The van der Waals surface area contributed by atoms with E-state index in [0.717, 1.165) is 23.4 Å². The van der Waals surface area contributed by atoms with E-state index in [1.165, 1.54) is 12.3 Å². The minimum Gasteiger partial charge on any atom is -0.508 e. The first-order valence-electron chi connectivity index (χ1n) is 9.65. The van der Waals surface area contributed by atoms with Gasteiger partial charge in [0.05, 0.1) is 23.8 Å². The summed E-state index contributed by atoms with van der Waals surface area (Å²) in [4.78, 5) is 5.95. The van der Waals surface area contributed by atoms with Crippen LogP contribution in [-0.4, -0.2) is 39.4 Å². The van der Waals surface area contributed by atoms with Crippen molar-refractivity contribution >= 4 is 5.69 Å². The summed E-state index contributed by atoms with van der Waals surface area (Å²) in [5, 5.41) is 13.6. The van der Waals surface area contributed by atoms with Crippen molar-refractivity contribution in [1.82, 2.24) is 25.9 Å². The molecule has 0 spiro atoms. The number of pyridine rings is 1. The number of hydrogen-bond acceptors (Lipinski definition) is 7. The lowest BCUT2D eigenvalue weighted by Gasteiger charge is -2.39. The lowest BCUT2D eigenvalue weighted by atomic mass is 10.1. The number of aromatic hydroxyl groups is 1. The van der Waals surface area contributed by atoms with Gasteiger partial charge >= 0.3 is 0 Å². The minimum absolute atomic E-state index is 0.249. The second-order valence-electron chi connectivity index (χ2n) is 7.36. The van der Waals surface area contributed by atoms with Gasteiger partial charge in [-0.1, -0.05) is 12.1 Å². The maximum Gasteiger partial charge on any atom is 0.143 e. The number of fused-ring (bicyclic) bond motifs is 1. The van der Waals surface area contributed by atoms with Crippen LogP contribution >= 0.6 is 0 Å². The second kappa shape index (κ2) is 8.00. The minimum atomic E-state index is -0.362. The Morgan fingerprint density at radius 3 is 2.72 bits per heavy atom. The van der Waals surface area contributed by atoms with E-state index < -0.39 is 0 Å². The normalized spacial score (nSPS) is 15.9. The summed E-state index contributed by atoms with van der Waals surface area (Å²) in [6, 6.07) is 8.95. The van der Waals surface area contributed by atoms with Crippen LogP contribution in [0.15, 0.2) is 66.5 Å². The Kier molecular flexibility index (Phi) is 5.26. The van der Waals surface area contributed by atoms with Crippen molar-refractivity contribution in [3.8, 4) is 5.75 Å². The van der Waals surface area contributed by atoms with E-state index in [0.29, 0.717) is 18.9 Å². The second-order valence-corrected chi connectivity index (χ2v) is 7.36. The third-order valence-electron chi connectivity index (χ3n) is 4.92. The van der Waals surface area contributed by atoms with E-state index in [2.05, 4.69) is 39.7 Å². The highest BCUT2D eigenvalue weighted by Crippen LogP contribution is 2.30. The zero-order valence-electron chi connectivity index (χ0n) is 16.5. The van der Waals surface area contributed by atoms with Gasteiger partial charge in [0.15, 0.2) is 0 Å². The molecule has 0 radical (unpaired) electrons. The van der Waals surface area contributed by atoms with Gasteiger partial charge in [0.1, 0.15) is 23.9 Å². The summed E-state index contributed by atoms with van der Waals surface area (Å²) in [6.45, 7) is 5.45. The van der Waals surface area contributed by atoms with Crippen molar-refractivity contribution < 1.29 is 9.50 Å². The van der Waals surface area contributed by atoms with Gasteiger partial charge in [-0.2, -0.15) is 0 Å². The van der Waals surface area contributed by atoms with Crippen LogP contribution < -0.4 is 15.8 Å². The monoisotopic (exact) mass is 396 g/mol. The molecule has 1 aromatic carbocycles. The van der Waals surface area contributed by atoms with Crippen LogP contribution in [0.4, 0.5) is 10.1 Å². The molecule has 29 heavy (non-hydrogen) atoms. The van der Waals surface area contributed by atoms with E-state index >= 15 is 0 Å². The standard InChI is InChI=1S/C21H25FN6O/c1-15(2)28-21-13-26(18-9-17(22)10-23-11-18)14-27(20(21)12-25-28)24-8-7-16-3-5-19(29)6-4-16/h3-6,9-13,15,24-25,29H,7-8,14H2,1-2H3. The summed E-state index contributed by atoms with van der Waals surface area (Å²) in [6.07, 6.45) is 7.66. The molecule has 0 saturated heterocycles. The summed E-state index contributed by atoms with van der Waals surface area (Å²) < 4.78 is 13.7. The molecule has 2 aliphatic heterocycles. The van der Waals surface area contributed by atoms with Crippen LogP contribution in [0.1, 0.15) is 19.4 Å². The van der Waals surface area contributed by atoms with Crippen molar-refractivity contribution in [2.45, 2.75) is 26.3 Å². The number of rotatable bonds is 6. The summed E-state index contributed by atoms with van der Waals surface area (Å²) >= 11 is 0. The van der Waals surface area contributed by atoms with Gasteiger partial charge in [0, 0.05) is 31.1 Å². The topological polar surface area (TPSA) is 66.9 Å². The van der Waals surface area contributed by atoms with Crippen LogP contribution in [0.5, 0.6) is 5.75 Å². The highest BCUT2D eigenvalue weighted by atomic mass is 19.1. The number of benzene rings is 1. The van der Waals surface area contributed by atoms with Gasteiger partial charge in [0.25, 0.3) is 0 Å². The maximum atomic E-state index is 13.7. The van der Waals surface area contributed by atoms with Crippen LogP contribution in [0.25, 0.3) is 0 Å². The van der Waals surface area contributed by atoms with E-state index in [4.69, 9.17) is 0 Å². The maximum absolute atomic E-state index is 13.7. The molecule has 2 aliphatic rings. The average molecular weight is 396 g/mol. The van der Waals surface area contributed by atoms with E-state index in [-0.39, 0.29) is 17.6 Å². The van der Waals surface area contributed by atoms with Crippen molar-refractivity contribution in [2.75, 3.05) is 18.1 Å². The highest BCUT2D eigenvalue weighted by Gasteiger charge is 2.32. The fourth-order valence-electron chi connectivity index (χ4n) is 3.43. The van der Waals surface area contributed by atoms with Crippen molar-refractivity contribution in [3.05, 3.63) is 77.9 Å². The van der Waals surface area contributed by atoms with E-state index in [1.807, 2.05) is 29.4 Å². The number of nitrogens with zero attached hydrogens (tertiary/aromatic N) is 4. The number of aromatic nitrogens is 1. The zero-order chi connectivity index (χ0) is 20.4. The van der Waals surface area contributed by atoms with Crippen molar-refractivity contribution in [3.63, 3.8) is 0 Å². The molecule has 0 atom stereocenters. The molecule has 4 rings (SSSR count). The quantitative estimate of drug-likeness (QED) is 0.694. The Labute approximate surface area is 169 Å². The third kappa shape index (κ3) is 4.12. The summed E-state index contributed by atoms with van der Waals surface area (Å²) in [7, 11) is 0. The summed E-state index contributed by atoms with van der Waals surface area (Å²) in [5.41, 5.74) is 10.6. The number of phenolic OH excluding ortho intramolecular Hbond substituents is 1. The molecule has 3 N–H and O–H groups in total.